The van der Waals surface area contributed by atoms with E-state index in [2.05, 4.69) is 11.4 Å². The van der Waals surface area contributed by atoms with Crippen molar-refractivity contribution >= 4 is 17.3 Å². The summed E-state index contributed by atoms with van der Waals surface area (Å²) in [5.74, 6) is 1.51. The fourth-order valence-corrected chi connectivity index (χ4v) is 2.36. The van der Waals surface area contributed by atoms with Gasteiger partial charge in [-0.25, -0.2) is 0 Å². The van der Waals surface area contributed by atoms with E-state index in [4.69, 9.17) is 26.3 Å². The number of benzene rings is 2. The van der Waals surface area contributed by atoms with Crippen LogP contribution >= 0.6 is 11.6 Å². The zero-order valence-corrected chi connectivity index (χ0v) is 12.0. The Balaban J connectivity index is 1.72. The third-order valence-electron chi connectivity index (χ3n) is 3.21. The van der Waals surface area contributed by atoms with Crippen LogP contribution < -0.4 is 14.8 Å². The van der Waals surface area contributed by atoms with Gasteiger partial charge in [-0.15, -0.1) is 0 Å². The standard InChI is InChI=1S/C16H13ClN2O2/c17-14-7-11(9-18)1-2-12(14)10-19-13-3-4-15-16(8-13)21-6-5-20-15/h1-4,7-8,19H,5-6,10H2. The fraction of sp³-hybridized carbons (Fsp3) is 0.188. The summed E-state index contributed by atoms with van der Waals surface area (Å²) < 4.78 is 11.0. The summed E-state index contributed by atoms with van der Waals surface area (Å²) in [5, 5.41) is 12.7. The van der Waals surface area contributed by atoms with Crippen molar-refractivity contribution in [3.8, 4) is 17.6 Å². The van der Waals surface area contributed by atoms with Gasteiger partial charge < -0.3 is 14.8 Å². The van der Waals surface area contributed by atoms with E-state index in [0.29, 0.717) is 30.3 Å². The van der Waals surface area contributed by atoms with Gasteiger partial charge in [-0.05, 0) is 29.8 Å². The summed E-state index contributed by atoms with van der Waals surface area (Å²) >= 11 is 6.15. The van der Waals surface area contributed by atoms with Gasteiger partial charge in [0.05, 0.1) is 11.6 Å². The molecule has 2 aromatic carbocycles. The summed E-state index contributed by atoms with van der Waals surface area (Å²) in [7, 11) is 0. The van der Waals surface area contributed by atoms with Crippen molar-refractivity contribution in [2.24, 2.45) is 0 Å². The van der Waals surface area contributed by atoms with E-state index in [9.17, 15) is 0 Å². The Morgan fingerprint density at radius 1 is 1.10 bits per heavy atom. The Bertz CT molecular complexity index is 710. The lowest BCUT2D eigenvalue weighted by Gasteiger charge is -2.19. The number of nitriles is 1. The van der Waals surface area contributed by atoms with Crippen molar-refractivity contribution in [2.45, 2.75) is 6.54 Å². The molecule has 0 radical (unpaired) electrons. The van der Waals surface area contributed by atoms with Crippen molar-refractivity contribution in [3.63, 3.8) is 0 Å². The molecule has 0 saturated carbocycles. The lowest BCUT2D eigenvalue weighted by Crippen LogP contribution is -2.15. The van der Waals surface area contributed by atoms with Gasteiger partial charge in [-0.3, -0.25) is 0 Å². The Hall–Kier alpha value is -2.38. The van der Waals surface area contributed by atoms with Crippen LogP contribution in [-0.2, 0) is 6.54 Å². The molecule has 5 heteroatoms. The molecule has 0 unspecified atom stereocenters. The number of hydrogen-bond acceptors (Lipinski definition) is 4. The van der Waals surface area contributed by atoms with Crippen LogP contribution in [0, 0.1) is 11.3 Å². The Labute approximate surface area is 127 Å². The maximum absolute atomic E-state index is 8.82. The maximum Gasteiger partial charge on any atom is 0.163 e. The molecule has 3 rings (SSSR count). The van der Waals surface area contributed by atoms with Crippen molar-refractivity contribution in [2.75, 3.05) is 18.5 Å². The number of anilines is 1. The second kappa shape index (κ2) is 5.94. The first kappa shape index (κ1) is 13.6. The number of nitrogens with one attached hydrogen (secondary N) is 1. The molecule has 0 fully saturated rings. The molecule has 1 N–H and O–H groups in total. The van der Waals surface area contributed by atoms with Crippen molar-refractivity contribution < 1.29 is 9.47 Å². The SMILES string of the molecule is N#Cc1ccc(CNc2ccc3c(c2)OCCO3)c(Cl)c1. The molecule has 0 aliphatic carbocycles. The Morgan fingerprint density at radius 2 is 1.90 bits per heavy atom. The van der Waals surface area contributed by atoms with Gasteiger partial charge in [0.15, 0.2) is 11.5 Å². The number of rotatable bonds is 3. The number of ether oxygens (including phenoxy) is 2. The maximum atomic E-state index is 8.82. The average molecular weight is 301 g/mol. The van der Waals surface area contributed by atoms with Crippen LogP contribution in [0.25, 0.3) is 0 Å². The molecule has 0 aromatic heterocycles. The van der Waals surface area contributed by atoms with Crippen molar-refractivity contribution in [3.05, 3.63) is 52.5 Å². The van der Waals surface area contributed by atoms with Crippen molar-refractivity contribution in [1.29, 1.82) is 5.26 Å². The molecular formula is C16H13ClN2O2. The van der Waals surface area contributed by atoms with Gasteiger partial charge >= 0.3 is 0 Å². The molecule has 0 spiro atoms. The highest BCUT2D eigenvalue weighted by Crippen LogP contribution is 2.32. The normalized spacial score (nSPS) is 12.6. The second-order valence-corrected chi connectivity index (χ2v) is 5.04. The van der Waals surface area contributed by atoms with Gasteiger partial charge in [0.2, 0.25) is 0 Å². The van der Waals surface area contributed by atoms with Gasteiger partial charge in [-0.2, -0.15) is 5.26 Å². The molecular weight excluding hydrogens is 288 g/mol. The highest BCUT2D eigenvalue weighted by molar-refractivity contribution is 6.31. The third kappa shape index (κ3) is 3.04. The molecule has 1 heterocycles. The van der Waals surface area contributed by atoms with E-state index in [1.54, 1.807) is 12.1 Å². The minimum atomic E-state index is 0.558. The van der Waals surface area contributed by atoms with Gasteiger partial charge in [0.1, 0.15) is 13.2 Å². The lowest BCUT2D eigenvalue weighted by atomic mass is 10.1. The molecule has 0 saturated heterocycles. The summed E-state index contributed by atoms with van der Waals surface area (Å²) in [6, 6.07) is 13.1. The number of nitrogens with zero attached hydrogens (tertiary/aromatic N) is 1. The topological polar surface area (TPSA) is 54.3 Å². The monoisotopic (exact) mass is 300 g/mol. The Kier molecular flexibility index (Phi) is 3.85. The summed E-state index contributed by atoms with van der Waals surface area (Å²) in [5.41, 5.74) is 2.42. The predicted octanol–water partition coefficient (Wildman–Crippen LogP) is 3.59. The summed E-state index contributed by atoms with van der Waals surface area (Å²) in [6.07, 6.45) is 0. The second-order valence-electron chi connectivity index (χ2n) is 4.63. The first-order valence-corrected chi connectivity index (χ1v) is 6.96. The molecule has 1 aliphatic rings. The van der Waals surface area contributed by atoms with E-state index in [1.807, 2.05) is 24.3 Å². The summed E-state index contributed by atoms with van der Waals surface area (Å²) in [4.78, 5) is 0. The lowest BCUT2D eigenvalue weighted by molar-refractivity contribution is 0.171. The number of fused-ring (bicyclic) bond motifs is 1. The highest BCUT2D eigenvalue weighted by Gasteiger charge is 2.11. The Morgan fingerprint density at radius 3 is 2.67 bits per heavy atom. The minimum Gasteiger partial charge on any atom is -0.486 e. The first-order chi connectivity index (χ1) is 10.3. The van der Waals surface area contributed by atoms with E-state index in [0.717, 1.165) is 22.7 Å². The summed E-state index contributed by atoms with van der Waals surface area (Å²) in [6.45, 7) is 1.72. The van der Waals surface area contributed by atoms with Crippen molar-refractivity contribution in [1.82, 2.24) is 0 Å². The van der Waals surface area contributed by atoms with Crippen LogP contribution in [-0.4, -0.2) is 13.2 Å². The molecule has 0 atom stereocenters. The van der Waals surface area contributed by atoms with Gasteiger partial charge in [-0.1, -0.05) is 17.7 Å². The largest absolute Gasteiger partial charge is 0.486 e. The fourth-order valence-electron chi connectivity index (χ4n) is 2.11. The molecule has 2 aromatic rings. The first-order valence-electron chi connectivity index (χ1n) is 6.58. The van der Waals surface area contributed by atoms with Gasteiger partial charge in [0.25, 0.3) is 0 Å². The molecule has 4 nitrogen and oxygen atoms in total. The third-order valence-corrected chi connectivity index (χ3v) is 3.56. The molecule has 0 bridgehead atoms. The van der Waals surface area contributed by atoms with Crippen LogP contribution in [0.15, 0.2) is 36.4 Å². The van der Waals surface area contributed by atoms with Crippen LogP contribution in [0.2, 0.25) is 5.02 Å². The quantitative estimate of drug-likeness (QED) is 0.941. The van der Waals surface area contributed by atoms with E-state index < -0.39 is 0 Å². The van der Waals surface area contributed by atoms with Crippen LogP contribution in [0.5, 0.6) is 11.5 Å². The number of hydrogen-bond donors (Lipinski definition) is 1. The van der Waals surface area contributed by atoms with E-state index >= 15 is 0 Å². The van der Waals surface area contributed by atoms with E-state index in [1.165, 1.54) is 0 Å². The molecule has 21 heavy (non-hydrogen) atoms. The zero-order valence-electron chi connectivity index (χ0n) is 11.2. The van der Waals surface area contributed by atoms with Crippen LogP contribution in [0.1, 0.15) is 11.1 Å². The smallest absolute Gasteiger partial charge is 0.163 e. The van der Waals surface area contributed by atoms with Gasteiger partial charge in [0, 0.05) is 23.3 Å². The molecule has 106 valence electrons. The zero-order chi connectivity index (χ0) is 14.7. The molecule has 1 aliphatic heterocycles. The predicted molar refractivity (Wildman–Crippen MR) is 80.9 cm³/mol. The molecule has 0 amide bonds. The highest BCUT2D eigenvalue weighted by atomic mass is 35.5. The van der Waals surface area contributed by atoms with Crippen LogP contribution in [0.3, 0.4) is 0 Å². The number of halogens is 1. The van der Waals surface area contributed by atoms with E-state index in [-0.39, 0.29) is 0 Å². The average Bonchev–Trinajstić information content (AvgIpc) is 2.53. The minimum absolute atomic E-state index is 0.558. The van der Waals surface area contributed by atoms with Crippen LogP contribution in [0.4, 0.5) is 5.69 Å².